The highest BCUT2D eigenvalue weighted by Gasteiger charge is 2.18. The Hall–Kier alpha value is -2.35. The number of rotatable bonds is 7. The third kappa shape index (κ3) is 5.96. The summed E-state index contributed by atoms with van der Waals surface area (Å²) in [5.74, 6) is -0.134. The predicted octanol–water partition coefficient (Wildman–Crippen LogP) is 6.83. The van der Waals surface area contributed by atoms with Crippen molar-refractivity contribution in [3.8, 4) is 0 Å². The normalized spacial score (nSPS) is 14.4. The van der Waals surface area contributed by atoms with E-state index in [9.17, 15) is 4.79 Å². The molecule has 0 bridgehead atoms. The number of hydrogen-bond acceptors (Lipinski definition) is 4. The van der Waals surface area contributed by atoms with E-state index in [4.69, 9.17) is 34.8 Å². The monoisotopic (exact) mass is 558 g/mol. The number of hydrogen-bond donors (Lipinski definition) is 2. The number of nitrogens with one attached hydrogen (secondary N) is 2. The average Bonchev–Trinajstić information content (AvgIpc) is 3.31. The lowest BCUT2D eigenvalue weighted by molar-refractivity contribution is 0.0943. The summed E-state index contributed by atoms with van der Waals surface area (Å²) in [6.45, 7) is 5.32. The molecule has 0 radical (unpaired) electrons. The van der Waals surface area contributed by atoms with Gasteiger partial charge in [-0.1, -0.05) is 64.8 Å². The zero-order valence-electron chi connectivity index (χ0n) is 19.4. The Bertz CT molecular complexity index is 1370. The number of aromatic nitrogens is 1. The molecule has 186 valence electrons. The summed E-state index contributed by atoms with van der Waals surface area (Å²) in [5, 5.41) is 5.70. The zero-order valence-corrected chi connectivity index (χ0v) is 22.5. The number of carbonyl (C=O) groups is 1. The van der Waals surface area contributed by atoms with E-state index < -0.39 is 0 Å². The van der Waals surface area contributed by atoms with E-state index in [1.165, 1.54) is 17.4 Å². The minimum Gasteiger partial charge on any atom is -0.369 e. The van der Waals surface area contributed by atoms with Crippen LogP contribution in [0.15, 0.2) is 76.5 Å². The van der Waals surface area contributed by atoms with Crippen LogP contribution in [-0.4, -0.2) is 55.1 Å². The van der Waals surface area contributed by atoms with Crippen molar-refractivity contribution < 1.29 is 4.79 Å². The number of anilines is 1. The first-order valence-corrected chi connectivity index (χ1v) is 13.7. The third-order valence-electron chi connectivity index (χ3n) is 6.23. The number of benzene rings is 3. The molecule has 5 rings (SSSR count). The molecule has 4 aromatic rings. The molecular formula is C27H25Cl3N4OS. The van der Waals surface area contributed by atoms with Crippen LogP contribution in [0.4, 0.5) is 5.69 Å². The van der Waals surface area contributed by atoms with E-state index in [-0.39, 0.29) is 5.91 Å². The van der Waals surface area contributed by atoms with Gasteiger partial charge in [0.25, 0.3) is 5.91 Å². The van der Waals surface area contributed by atoms with Crippen molar-refractivity contribution in [1.29, 1.82) is 0 Å². The molecule has 0 atom stereocenters. The molecule has 0 aliphatic carbocycles. The average molecular weight is 560 g/mol. The van der Waals surface area contributed by atoms with E-state index >= 15 is 0 Å². The van der Waals surface area contributed by atoms with Crippen LogP contribution in [0.1, 0.15) is 10.5 Å². The maximum atomic E-state index is 12.9. The van der Waals surface area contributed by atoms with E-state index in [0.29, 0.717) is 27.3 Å². The standard InChI is InChI=1S/C27H25Cl3N4OS/c28-18-6-7-25(22(30)14-18)36-26-16-19(29)15-23-21(26)17-24(32-23)27(35)31-8-9-33-10-12-34(13-11-33)20-4-2-1-3-5-20/h1-7,14-17,32H,8-13H2,(H,31,35). The minimum atomic E-state index is -0.134. The number of aromatic amines is 1. The smallest absolute Gasteiger partial charge is 0.267 e. The topological polar surface area (TPSA) is 51.4 Å². The van der Waals surface area contributed by atoms with Crippen LogP contribution in [0.3, 0.4) is 0 Å². The van der Waals surface area contributed by atoms with E-state index in [2.05, 4.69) is 44.4 Å². The fraction of sp³-hybridized carbons (Fsp3) is 0.222. The van der Waals surface area contributed by atoms with Crippen molar-refractivity contribution >= 4 is 69.1 Å². The first-order valence-electron chi connectivity index (χ1n) is 11.7. The lowest BCUT2D eigenvalue weighted by atomic mass is 10.2. The van der Waals surface area contributed by atoms with Gasteiger partial charge >= 0.3 is 0 Å². The third-order valence-corrected chi connectivity index (χ3v) is 8.24. The van der Waals surface area contributed by atoms with Crippen molar-refractivity contribution in [3.63, 3.8) is 0 Å². The summed E-state index contributed by atoms with van der Waals surface area (Å²) in [5.41, 5.74) is 2.57. The Kier molecular flexibility index (Phi) is 7.99. The highest BCUT2D eigenvalue weighted by Crippen LogP contribution is 2.39. The molecule has 1 aliphatic heterocycles. The molecule has 1 fully saturated rings. The number of H-pyrrole nitrogens is 1. The number of piperazine rings is 1. The fourth-order valence-corrected chi connectivity index (χ4v) is 6.15. The second kappa shape index (κ2) is 11.4. The van der Waals surface area contributed by atoms with Gasteiger partial charge in [0, 0.05) is 75.7 Å². The number of amides is 1. The summed E-state index contributed by atoms with van der Waals surface area (Å²) < 4.78 is 0. The molecule has 2 heterocycles. The minimum absolute atomic E-state index is 0.134. The van der Waals surface area contributed by atoms with Gasteiger partial charge in [0.05, 0.1) is 5.02 Å². The number of para-hydroxylation sites is 1. The Morgan fingerprint density at radius 1 is 0.889 bits per heavy atom. The van der Waals surface area contributed by atoms with Crippen LogP contribution in [0.25, 0.3) is 10.9 Å². The van der Waals surface area contributed by atoms with Gasteiger partial charge in [-0.3, -0.25) is 9.69 Å². The summed E-state index contributed by atoms with van der Waals surface area (Å²) in [4.78, 5) is 22.7. The van der Waals surface area contributed by atoms with Crippen LogP contribution in [-0.2, 0) is 0 Å². The van der Waals surface area contributed by atoms with Crippen LogP contribution >= 0.6 is 46.6 Å². The SMILES string of the molecule is O=C(NCCN1CCN(c2ccccc2)CC1)c1cc2c(Sc3ccc(Cl)cc3Cl)cc(Cl)cc2[nH]1. The lowest BCUT2D eigenvalue weighted by Crippen LogP contribution is -2.48. The molecule has 36 heavy (non-hydrogen) atoms. The summed E-state index contributed by atoms with van der Waals surface area (Å²) in [7, 11) is 0. The number of halogens is 3. The maximum absolute atomic E-state index is 12.9. The van der Waals surface area contributed by atoms with Crippen molar-refractivity contribution in [1.82, 2.24) is 15.2 Å². The Morgan fingerprint density at radius 2 is 1.67 bits per heavy atom. The van der Waals surface area contributed by atoms with Crippen molar-refractivity contribution in [3.05, 3.63) is 87.5 Å². The molecule has 3 aromatic carbocycles. The van der Waals surface area contributed by atoms with Crippen LogP contribution < -0.4 is 10.2 Å². The first-order chi connectivity index (χ1) is 17.5. The molecular weight excluding hydrogens is 535 g/mol. The fourth-order valence-electron chi connectivity index (χ4n) is 4.35. The number of fused-ring (bicyclic) bond motifs is 1. The highest BCUT2D eigenvalue weighted by molar-refractivity contribution is 7.99. The summed E-state index contributed by atoms with van der Waals surface area (Å²) in [6, 6.07) is 21.5. The largest absolute Gasteiger partial charge is 0.369 e. The van der Waals surface area contributed by atoms with Crippen LogP contribution in [0.2, 0.25) is 15.1 Å². The van der Waals surface area contributed by atoms with Gasteiger partial charge in [0.2, 0.25) is 0 Å². The second-order valence-electron chi connectivity index (χ2n) is 8.65. The molecule has 1 aliphatic rings. The van der Waals surface area contributed by atoms with Gasteiger partial charge in [-0.15, -0.1) is 0 Å². The van der Waals surface area contributed by atoms with Gasteiger partial charge in [0.1, 0.15) is 5.69 Å². The molecule has 0 unspecified atom stereocenters. The van der Waals surface area contributed by atoms with Crippen LogP contribution in [0.5, 0.6) is 0 Å². The predicted molar refractivity (Wildman–Crippen MR) is 151 cm³/mol. The summed E-state index contributed by atoms with van der Waals surface area (Å²) >= 11 is 20.3. The van der Waals surface area contributed by atoms with Gasteiger partial charge in [-0.05, 0) is 48.5 Å². The van der Waals surface area contributed by atoms with Gasteiger partial charge in [-0.25, -0.2) is 0 Å². The highest BCUT2D eigenvalue weighted by atomic mass is 35.5. The molecule has 1 amide bonds. The lowest BCUT2D eigenvalue weighted by Gasteiger charge is -2.36. The molecule has 1 saturated heterocycles. The molecule has 9 heteroatoms. The maximum Gasteiger partial charge on any atom is 0.267 e. The van der Waals surface area contributed by atoms with E-state index in [1.807, 2.05) is 30.3 Å². The quantitative estimate of drug-likeness (QED) is 0.261. The number of carbonyl (C=O) groups excluding carboxylic acids is 1. The van der Waals surface area contributed by atoms with Crippen molar-refractivity contribution in [2.45, 2.75) is 9.79 Å². The Labute approximate surface area is 229 Å². The first kappa shape index (κ1) is 25.3. The Balaban J connectivity index is 1.19. The van der Waals surface area contributed by atoms with E-state index in [0.717, 1.165) is 53.4 Å². The van der Waals surface area contributed by atoms with Crippen LogP contribution in [0, 0.1) is 0 Å². The molecule has 2 N–H and O–H groups in total. The van der Waals surface area contributed by atoms with Gasteiger partial charge in [0.15, 0.2) is 0 Å². The molecule has 0 spiro atoms. The summed E-state index contributed by atoms with van der Waals surface area (Å²) in [6.07, 6.45) is 0. The Morgan fingerprint density at radius 3 is 2.42 bits per heavy atom. The van der Waals surface area contributed by atoms with Gasteiger partial charge < -0.3 is 15.2 Å². The van der Waals surface area contributed by atoms with Crippen molar-refractivity contribution in [2.75, 3.05) is 44.2 Å². The molecule has 5 nitrogen and oxygen atoms in total. The van der Waals surface area contributed by atoms with Gasteiger partial charge in [-0.2, -0.15) is 0 Å². The van der Waals surface area contributed by atoms with Crippen molar-refractivity contribution in [2.24, 2.45) is 0 Å². The number of nitrogens with zero attached hydrogens (tertiary/aromatic N) is 2. The second-order valence-corrected chi connectivity index (χ2v) is 11.0. The molecule has 1 aromatic heterocycles. The van der Waals surface area contributed by atoms with E-state index in [1.54, 1.807) is 12.1 Å². The zero-order chi connectivity index (χ0) is 25.1. The molecule has 0 saturated carbocycles.